The van der Waals surface area contributed by atoms with E-state index in [2.05, 4.69) is 15.0 Å². The SMILES string of the molecule is COc1ccc(S(=O)(=O)Nc2nc(CCC(=O)Nc3c(C)cccc3C)cs2)cc1. The number of benzene rings is 2. The number of aryl methyl sites for hydroxylation is 3. The predicted octanol–water partition coefficient (Wildman–Crippen LogP) is 4.14. The Hall–Kier alpha value is -2.91. The standard InChI is InChI=1S/C21H23N3O4S2/c1-14-5-4-6-15(2)20(14)23-19(25)12-7-16-13-29-21(22-16)24-30(26,27)18-10-8-17(28-3)9-11-18/h4-6,8-11,13H,7,12H2,1-3H3,(H,22,24)(H,23,25). The molecule has 0 bridgehead atoms. The number of nitrogens with one attached hydrogen (secondary N) is 2. The molecule has 0 fully saturated rings. The number of methoxy groups -OCH3 is 1. The molecule has 1 amide bonds. The summed E-state index contributed by atoms with van der Waals surface area (Å²) in [5.41, 5.74) is 3.50. The maximum atomic E-state index is 12.5. The van der Waals surface area contributed by atoms with E-state index in [9.17, 15) is 13.2 Å². The van der Waals surface area contributed by atoms with Crippen LogP contribution in [-0.2, 0) is 21.2 Å². The molecule has 2 aromatic carbocycles. The van der Waals surface area contributed by atoms with Gasteiger partial charge in [0.15, 0.2) is 5.13 Å². The van der Waals surface area contributed by atoms with Gasteiger partial charge in [-0.25, -0.2) is 13.4 Å². The third kappa shape index (κ3) is 5.37. The number of amides is 1. The number of anilines is 2. The smallest absolute Gasteiger partial charge is 0.263 e. The van der Waals surface area contributed by atoms with Crippen LogP contribution in [-0.4, -0.2) is 26.4 Å². The number of thiazole rings is 1. The van der Waals surface area contributed by atoms with E-state index >= 15 is 0 Å². The van der Waals surface area contributed by atoms with Crippen molar-refractivity contribution in [3.05, 3.63) is 64.7 Å². The molecule has 0 saturated carbocycles. The highest BCUT2D eigenvalue weighted by molar-refractivity contribution is 7.93. The molecule has 0 aliphatic carbocycles. The van der Waals surface area contributed by atoms with Gasteiger partial charge in [-0.15, -0.1) is 11.3 Å². The Balaban J connectivity index is 1.58. The van der Waals surface area contributed by atoms with Crippen LogP contribution in [0.3, 0.4) is 0 Å². The fourth-order valence-electron chi connectivity index (χ4n) is 2.85. The second-order valence-electron chi connectivity index (χ2n) is 6.74. The number of carbonyl (C=O) groups excluding carboxylic acids is 1. The van der Waals surface area contributed by atoms with E-state index in [1.54, 1.807) is 17.5 Å². The van der Waals surface area contributed by atoms with Crippen molar-refractivity contribution in [3.8, 4) is 5.75 Å². The molecule has 1 aromatic heterocycles. The summed E-state index contributed by atoms with van der Waals surface area (Å²) in [6.45, 7) is 3.90. The molecule has 0 unspecified atom stereocenters. The Morgan fingerprint density at radius 1 is 1.10 bits per heavy atom. The molecule has 2 N–H and O–H groups in total. The molecule has 0 radical (unpaired) electrons. The fraction of sp³-hybridized carbons (Fsp3) is 0.238. The molecule has 3 rings (SSSR count). The lowest BCUT2D eigenvalue weighted by molar-refractivity contribution is -0.116. The van der Waals surface area contributed by atoms with Gasteiger partial charge in [0, 0.05) is 17.5 Å². The average Bonchev–Trinajstić information content (AvgIpc) is 3.16. The van der Waals surface area contributed by atoms with Gasteiger partial charge in [-0.1, -0.05) is 18.2 Å². The van der Waals surface area contributed by atoms with Crippen LogP contribution in [0.5, 0.6) is 5.75 Å². The van der Waals surface area contributed by atoms with Crippen LogP contribution in [0.1, 0.15) is 23.2 Å². The molecular weight excluding hydrogens is 422 g/mol. The van der Waals surface area contributed by atoms with E-state index in [-0.39, 0.29) is 22.4 Å². The van der Waals surface area contributed by atoms with Gasteiger partial charge in [0.1, 0.15) is 5.75 Å². The molecule has 30 heavy (non-hydrogen) atoms. The van der Waals surface area contributed by atoms with Crippen molar-refractivity contribution in [3.63, 3.8) is 0 Å². The van der Waals surface area contributed by atoms with Crippen molar-refractivity contribution in [2.24, 2.45) is 0 Å². The topological polar surface area (TPSA) is 97.4 Å². The van der Waals surface area contributed by atoms with Crippen LogP contribution in [0.15, 0.2) is 52.7 Å². The summed E-state index contributed by atoms with van der Waals surface area (Å²) in [7, 11) is -2.23. The zero-order valence-electron chi connectivity index (χ0n) is 16.9. The van der Waals surface area contributed by atoms with Crippen molar-refractivity contribution in [2.45, 2.75) is 31.6 Å². The third-order valence-corrected chi connectivity index (χ3v) is 6.79. The molecule has 9 heteroatoms. The molecule has 0 spiro atoms. The lowest BCUT2D eigenvalue weighted by Gasteiger charge is -2.11. The van der Waals surface area contributed by atoms with Crippen LogP contribution in [0.25, 0.3) is 0 Å². The lowest BCUT2D eigenvalue weighted by atomic mass is 10.1. The molecule has 7 nitrogen and oxygen atoms in total. The maximum absolute atomic E-state index is 12.5. The zero-order valence-corrected chi connectivity index (χ0v) is 18.6. The first-order valence-electron chi connectivity index (χ1n) is 9.26. The van der Waals surface area contributed by atoms with E-state index < -0.39 is 10.0 Å². The van der Waals surface area contributed by atoms with Crippen LogP contribution in [0, 0.1) is 13.8 Å². The quantitative estimate of drug-likeness (QED) is 0.543. The van der Waals surface area contributed by atoms with Crippen molar-refractivity contribution in [1.29, 1.82) is 0 Å². The summed E-state index contributed by atoms with van der Waals surface area (Å²) >= 11 is 1.18. The van der Waals surface area contributed by atoms with Crippen LogP contribution >= 0.6 is 11.3 Å². The molecule has 0 atom stereocenters. The Labute approximate surface area is 180 Å². The minimum atomic E-state index is -3.74. The molecule has 158 valence electrons. The van der Waals surface area contributed by atoms with Crippen LogP contribution < -0.4 is 14.8 Å². The van der Waals surface area contributed by atoms with Crippen molar-refractivity contribution in [1.82, 2.24) is 4.98 Å². The van der Waals surface area contributed by atoms with Gasteiger partial charge in [-0.05, 0) is 55.7 Å². The monoisotopic (exact) mass is 445 g/mol. The van der Waals surface area contributed by atoms with Gasteiger partial charge in [0.2, 0.25) is 5.91 Å². The first-order chi connectivity index (χ1) is 14.3. The molecule has 0 aliphatic heterocycles. The van der Waals surface area contributed by atoms with E-state index in [1.165, 1.54) is 30.6 Å². The minimum absolute atomic E-state index is 0.110. The van der Waals surface area contributed by atoms with Crippen molar-refractivity contribution >= 4 is 38.1 Å². The average molecular weight is 446 g/mol. The normalized spacial score (nSPS) is 11.2. The summed E-state index contributed by atoms with van der Waals surface area (Å²) in [6.07, 6.45) is 0.666. The lowest BCUT2D eigenvalue weighted by Crippen LogP contribution is -2.14. The molecule has 0 aliphatic rings. The minimum Gasteiger partial charge on any atom is -0.497 e. The number of carbonyl (C=O) groups is 1. The van der Waals surface area contributed by atoms with Gasteiger partial charge < -0.3 is 10.1 Å². The largest absolute Gasteiger partial charge is 0.497 e. The number of sulfonamides is 1. The van der Waals surface area contributed by atoms with E-state index in [1.807, 2.05) is 32.0 Å². The Bertz CT molecular complexity index is 1120. The summed E-state index contributed by atoms with van der Waals surface area (Å²) in [5.74, 6) is 0.463. The third-order valence-electron chi connectivity index (χ3n) is 4.50. The van der Waals surface area contributed by atoms with Gasteiger partial charge in [0.05, 0.1) is 17.7 Å². The number of aromatic nitrogens is 1. The first kappa shape index (κ1) is 21.8. The van der Waals surface area contributed by atoms with Gasteiger partial charge in [0.25, 0.3) is 10.0 Å². The summed E-state index contributed by atoms with van der Waals surface area (Å²) in [4.78, 5) is 16.7. The summed E-state index contributed by atoms with van der Waals surface area (Å²) in [6, 6.07) is 11.9. The summed E-state index contributed by atoms with van der Waals surface area (Å²) in [5, 5.41) is 4.95. The van der Waals surface area contributed by atoms with Gasteiger partial charge in [-0.3, -0.25) is 9.52 Å². The molecule has 1 heterocycles. The number of nitrogens with zero attached hydrogens (tertiary/aromatic N) is 1. The van der Waals surface area contributed by atoms with E-state index in [4.69, 9.17) is 4.74 Å². The van der Waals surface area contributed by atoms with Gasteiger partial charge in [-0.2, -0.15) is 0 Å². The molecule has 0 saturated heterocycles. The van der Waals surface area contributed by atoms with E-state index in [0.717, 1.165) is 16.8 Å². The number of para-hydroxylation sites is 1. The Morgan fingerprint density at radius 2 is 1.77 bits per heavy atom. The van der Waals surface area contributed by atoms with Gasteiger partial charge >= 0.3 is 0 Å². The highest BCUT2D eigenvalue weighted by atomic mass is 32.2. The second kappa shape index (κ2) is 9.27. The van der Waals surface area contributed by atoms with E-state index in [0.29, 0.717) is 17.9 Å². The number of ether oxygens (including phenoxy) is 1. The second-order valence-corrected chi connectivity index (χ2v) is 9.28. The first-order valence-corrected chi connectivity index (χ1v) is 11.6. The highest BCUT2D eigenvalue weighted by Crippen LogP contribution is 2.23. The maximum Gasteiger partial charge on any atom is 0.263 e. The molecule has 3 aromatic rings. The Kier molecular flexibility index (Phi) is 6.73. The predicted molar refractivity (Wildman–Crippen MR) is 119 cm³/mol. The highest BCUT2D eigenvalue weighted by Gasteiger charge is 2.17. The van der Waals surface area contributed by atoms with Crippen LogP contribution in [0.4, 0.5) is 10.8 Å². The fourth-order valence-corrected chi connectivity index (χ4v) is 4.85. The van der Waals surface area contributed by atoms with Crippen molar-refractivity contribution < 1.29 is 17.9 Å². The van der Waals surface area contributed by atoms with Crippen molar-refractivity contribution in [2.75, 3.05) is 17.1 Å². The number of hydrogen-bond acceptors (Lipinski definition) is 6. The number of rotatable bonds is 8. The Morgan fingerprint density at radius 3 is 2.40 bits per heavy atom. The number of hydrogen-bond donors (Lipinski definition) is 2. The summed E-state index contributed by atoms with van der Waals surface area (Å²) < 4.78 is 32.5. The van der Waals surface area contributed by atoms with Crippen LogP contribution in [0.2, 0.25) is 0 Å². The molecular formula is C21H23N3O4S2. The zero-order chi connectivity index (χ0) is 21.7.